The molecule has 0 heterocycles. The number of nitrogens with one attached hydrogen (secondary N) is 2. The Morgan fingerprint density at radius 1 is 1.14 bits per heavy atom. The summed E-state index contributed by atoms with van der Waals surface area (Å²) in [6.07, 6.45) is 6.24. The lowest BCUT2D eigenvalue weighted by atomic mass is 9.69. The van der Waals surface area contributed by atoms with Crippen LogP contribution in [0.4, 0.5) is 0 Å². The minimum Gasteiger partial charge on any atom is -0.354 e. The van der Waals surface area contributed by atoms with Crippen LogP contribution < -0.4 is 10.6 Å². The van der Waals surface area contributed by atoms with Crippen LogP contribution in [-0.4, -0.2) is 24.5 Å². The summed E-state index contributed by atoms with van der Waals surface area (Å²) in [7, 11) is 0. The average molecular weight is 296 g/mol. The molecule has 0 aromatic heterocycles. The van der Waals surface area contributed by atoms with Crippen LogP contribution >= 0.6 is 0 Å². The minimum atomic E-state index is -0.0792. The lowest BCUT2D eigenvalue weighted by Gasteiger charge is -2.39. The number of hydrogen-bond acceptors (Lipinski definition) is 2. The fourth-order valence-electron chi connectivity index (χ4n) is 3.22. The third-order valence-corrected chi connectivity index (χ3v) is 5.31. The minimum absolute atomic E-state index is 0.0792. The van der Waals surface area contributed by atoms with Gasteiger partial charge in [0.05, 0.1) is 6.04 Å². The highest BCUT2D eigenvalue weighted by atomic mass is 16.2. The zero-order valence-electron chi connectivity index (χ0n) is 15.0. The van der Waals surface area contributed by atoms with E-state index in [1.54, 1.807) is 0 Å². The summed E-state index contributed by atoms with van der Waals surface area (Å²) in [6.45, 7) is 14.1. The molecule has 0 spiro atoms. The molecule has 0 aromatic carbocycles. The highest BCUT2D eigenvalue weighted by Gasteiger charge is 2.32. The van der Waals surface area contributed by atoms with Crippen LogP contribution in [0.5, 0.6) is 0 Å². The summed E-state index contributed by atoms with van der Waals surface area (Å²) in [5.41, 5.74) is 0.464. The Balaban J connectivity index is 2.33. The summed E-state index contributed by atoms with van der Waals surface area (Å²) in [5.74, 6) is 1.48. The number of amides is 1. The summed E-state index contributed by atoms with van der Waals surface area (Å²) < 4.78 is 0. The van der Waals surface area contributed by atoms with E-state index in [2.05, 4.69) is 45.3 Å². The van der Waals surface area contributed by atoms with Crippen LogP contribution in [-0.2, 0) is 4.79 Å². The van der Waals surface area contributed by atoms with Gasteiger partial charge >= 0.3 is 0 Å². The van der Waals surface area contributed by atoms with E-state index >= 15 is 0 Å². The molecular formula is C18H36N2O. The molecule has 0 bridgehead atoms. The van der Waals surface area contributed by atoms with Crippen molar-refractivity contribution in [1.29, 1.82) is 0 Å². The molecule has 1 rings (SSSR count). The van der Waals surface area contributed by atoms with Crippen molar-refractivity contribution >= 4 is 5.91 Å². The van der Waals surface area contributed by atoms with Crippen LogP contribution in [0.15, 0.2) is 0 Å². The van der Waals surface area contributed by atoms with Crippen molar-refractivity contribution in [3.05, 3.63) is 0 Å². The van der Waals surface area contributed by atoms with Gasteiger partial charge in [0.2, 0.25) is 5.91 Å². The second-order valence-corrected chi connectivity index (χ2v) is 7.92. The number of carbonyl (C=O) groups excluding carboxylic acids is 1. The van der Waals surface area contributed by atoms with Crippen LogP contribution in [0.25, 0.3) is 0 Å². The zero-order valence-corrected chi connectivity index (χ0v) is 15.0. The van der Waals surface area contributed by atoms with E-state index in [0.717, 1.165) is 12.5 Å². The van der Waals surface area contributed by atoms with Gasteiger partial charge in [0.25, 0.3) is 0 Å². The van der Waals surface area contributed by atoms with Gasteiger partial charge in [-0.15, -0.1) is 0 Å². The summed E-state index contributed by atoms with van der Waals surface area (Å²) in [6, 6.07) is 0.429. The van der Waals surface area contributed by atoms with Gasteiger partial charge in [-0.25, -0.2) is 0 Å². The SMILES string of the molecule is CCC(C)(C)C1CCC(NC(C)C(=O)NCC(C)C)CC1. The highest BCUT2D eigenvalue weighted by Crippen LogP contribution is 2.40. The molecule has 124 valence electrons. The molecule has 0 saturated heterocycles. The maximum Gasteiger partial charge on any atom is 0.236 e. The van der Waals surface area contributed by atoms with Gasteiger partial charge in [-0.2, -0.15) is 0 Å². The maximum atomic E-state index is 12.0. The van der Waals surface area contributed by atoms with Crippen molar-refractivity contribution in [2.24, 2.45) is 17.3 Å². The molecule has 1 aliphatic rings. The van der Waals surface area contributed by atoms with E-state index < -0.39 is 0 Å². The van der Waals surface area contributed by atoms with E-state index in [4.69, 9.17) is 0 Å². The molecule has 1 saturated carbocycles. The Hall–Kier alpha value is -0.570. The Kier molecular flexibility index (Phi) is 7.19. The molecule has 1 aliphatic carbocycles. The maximum absolute atomic E-state index is 12.0. The Labute approximate surface area is 131 Å². The predicted octanol–water partition coefficient (Wildman–Crippen LogP) is 3.73. The molecule has 3 nitrogen and oxygen atoms in total. The van der Waals surface area contributed by atoms with Gasteiger partial charge in [0.15, 0.2) is 0 Å². The smallest absolute Gasteiger partial charge is 0.236 e. The van der Waals surface area contributed by atoms with Gasteiger partial charge in [-0.05, 0) is 49.9 Å². The number of carbonyl (C=O) groups is 1. The average Bonchev–Trinajstić information content (AvgIpc) is 2.45. The first kappa shape index (κ1) is 18.5. The molecule has 0 radical (unpaired) electrons. The molecule has 3 heteroatoms. The molecule has 1 amide bonds. The molecule has 1 fully saturated rings. The van der Waals surface area contributed by atoms with Crippen LogP contribution in [0, 0.1) is 17.3 Å². The molecule has 0 aliphatic heterocycles. The first-order valence-corrected chi connectivity index (χ1v) is 8.80. The molecule has 0 aromatic rings. The largest absolute Gasteiger partial charge is 0.354 e. The zero-order chi connectivity index (χ0) is 16.0. The van der Waals surface area contributed by atoms with Gasteiger partial charge < -0.3 is 10.6 Å². The van der Waals surface area contributed by atoms with Gasteiger partial charge in [0.1, 0.15) is 0 Å². The first-order chi connectivity index (χ1) is 9.76. The van der Waals surface area contributed by atoms with E-state index in [1.807, 2.05) is 6.92 Å². The molecule has 1 unspecified atom stereocenters. The van der Waals surface area contributed by atoms with Crippen molar-refractivity contribution in [1.82, 2.24) is 10.6 Å². The van der Waals surface area contributed by atoms with Gasteiger partial charge in [-0.3, -0.25) is 4.79 Å². The fraction of sp³-hybridized carbons (Fsp3) is 0.944. The lowest BCUT2D eigenvalue weighted by Crippen LogP contribution is -2.48. The fourth-order valence-corrected chi connectivity index (χ4v) is 3.22. The van der Waals surface area contributed by atoms with Gasteiger partial charge in [-0.1, -0.05) is 41.0 Å². The van der Waals surface area contributed by atoms with E-state index in [9.17, 15) is 4.79 Å². The van der Waals surface area contributed by atoms with Crippen molar-refractivity contribution in [2.75, 3.05) is 6.54 Å². The third kappa shape index (κ3) is 5.98. The summed E-state index contributed by atoms with van der Waals surface area (Å²) >= 11 is 0. The summed E-state index contributed by atoms with van der Waals surface area (Å²) in [5, 5.41) is 6.53. The Bertz CT molecular complexity index is 317. The van der Waals surface area contributed by atoms with E-state index in [1.165, 1.54) is 32.1 Å². The number of hydrogen-bond donors (Lipinski definition) is 2. The Morgan fingerprint density at radius 3 is 2.19 bits per heavy atom. The lowest BCUT2D eigenvalue weighted by molar-refractivity contribution is -0.123. The number of rotatable bonds is 7. The van der Waals surface area contributed by atoms with Crippen molar-refractivity contribution < 1.29 is 4.79 Å². The van der Waals surface area contributed by atoms with Crippen LogP contribution in [0.3, 0.4) is 0 Å². The van der Waals surface area contributed by atoms with Crippen molar-refractivity contribution in [3.8, 4) is 0 Å². The molecule has 1 atom stereocenters. The third-order valence-electron chi connectivity index (χ3n) is 5.31. The highest BCUT2D eigenvalue weighted by molar-refractivity contribution is 5.81. The van der Waals surface area contributed by atoms with Crippen molar-refractivity contribution in [3.63, 3.8) is 0 Å². The second-order valence-electron chi connectivity index (χ2n) is 7.92. The Morgan fingerprint density at radius 2 is 1.71 bits per heavy atom. The van der Waals surface area contributed by atoms with Crippen LogP contribution in [0.1, 0.15) is 73.6 Å². The molecular weight excluding hydrogens is 260 g/mol. The van der Waals surface area contributed by atoms with Crippen LogP contribution in [0.2, 0.25) is 0 Å². The normalized spacial score (nSPS) is 24.9. The molecule has 2 N–H and O–H groups in total. The molecule has 21 heavy (non-hydrogen) atoms. The van der Waals surface area contributed by atoms with Crippen molar-refractivity contribution in [2.45, 2.75) is 85.7 Å². The first-order valence-electron chi connectivity index (χ1n) is 8.80. The monoisotopic (exact) mass is 296 g/mol. The standard InChI is InChI=1S/C18H36N2O/c1-7-18(5,6)15-8-10-16(11-9-15)20-14(4)17(21)19-12-13(2)3/h13-16,20H,7-12H2,1-6H3,(H,19,21). The van der Waals surface area contributed by atoms with E-state index in [0.29, 0.717) is 17.4 Å². The quantitative estimate of drug-likeness (QED) is 0.751. The summed E-state index contributed by atoms with van der Waals surface area (Å²) in [4.78, 5) is 12.0. The second kappa shape index (κ2) is 8.17. The predicted molar refractivity (Wildman–Crippen MR) is 90.3 cm³/mol. The van der Waals surface area contributed by atoms with E-state index in [-0.39, 0.29) is 11.9 Å². The topological polar surface area (TPSA) is 41.1 Å². The van der Waals surface area contributed by atoms with Gasteiger partial charge in [0, 0.05) is 12.6 Å².